The van der Waals surface area contributed by atoms with Crippen molar-refractivity contribution in [1.82, 2.24) is 0 Å². The van der Waals surface area contributed by atoms with Gasteiger partial charge in [-0.3, -0.25) is 4.79 Å². The second-order valence-corrected chi connectivity index (χ2v) is 10.7. The van der Waals surface area contributed by atoms with Crippen LogP contribution in [-0.4, -0.2) is 27.5 Å². The fourth-order valence-corrected chi connectivity index (χ4v) is 3.50. The summed E-state index contributed by atoms with van der Waals surface area (Å²) in [7, 11) is 0.0858. The Labute approximate surface area is 120 Å². The van der Waals surface area contributed by atoms with Gasteiger partial charge in [0.2, 0.25) is 0 Å². The van der Waals surface area contributed by atoms with Gasteiger partial charge in [-0.05, 0) is 39.4 Å². The van der Waals surface area contributed by atoms with E-state index in [0.717, 1.165) is 12.8 Å². The Morgan fingerprint density at radius 3 is 2.05 bits per heavy atom. The van der Waals surface area contributed by atoms with E-state index in [1.165, 1.54) is 39.2 Å². The zero-order chi connectivity index (χ0) is 14.7. The number of unbranched alkanes of at least 4 members (excludes halogenated alkanes) is 5. The van der Waals surface area contributed by atoms with Crippen LogP contribution in [0.15, 0.2) is 0 Å². The molecule has 19 heavy (non-hydrogen) atoms. The first-order valence-electron chi connectivity index (χ1n) is 7.60. The SMILES string of the molecule is COC(=O)CCCCCCCCC(C)O[Si](C)(C)C. The molecule has 0 saturated heterocycles. The van der Waals surface area contributed by atoms with Crippen molar-refractivity contribution in [3.63, 3.8) is 0 Å². The average molecular weight is 289 g/mol. The Balaban J connectivity index is 3.29. The van der Waals surface area contributed by atoms with Crippen molar-refractivity contribution < 1.29 is 14.0 Å². The molecule has 0 radical (unpaired) electrons. The van der Waals surface area contributed by atoms with Crippen LogP contribution in [0.3, 0.4) is 0 Å². The van der Waals surface area contributed by atoms with E-state index in [1.54, 1.807) is 0 Å². The van der Waals surface area contributed by atoms with E-state index >= 15 is 0 Å². The summed E-state index contributed by atoms with van der Waals surface area (Å²) < 4.78 is 10.6. The third kappa shape index (κ3) is 13.9. The van der Waals surface area contributed by atoms with Crippen LogP contribution >= 0.6 is 0 Å². The Morgan fingerprint density at radius 2 is 1.53 bits per heavy atom. The van der Waals surface area contributed by atoms with E-state index in [4.69, 9.17) is 4.43 Å². The lowest BCUT2D eigenvalue weighted by atomic mass is 10.1. The predicted octanol–water partition coefficient (Wildman–Crippen LogP) is 4.52. The highest BCUT2D eigenvalue weighted by molar-refractivity contribution is 6.69. The molecule has 0 spiro atoms. The van der Waals surface area contributed by atoms with Crippen LogP contribution in [0.5, 0.6) is 0 Å². The third-order valence-corrected chi connectivity index (χ3v) is 4.13. The Hall–Kier alpha value is -0.353. The summed E-state index contributed by atoms with van der Waals surface area (Å²) in [5.41, 5.74) is 0. The fourth-order valence-electron chi connectivity index (χ4n) is 2.17. The number of ether oxygens (including phenoxy) is 1. The van der Waals surface area contributed by atoms with Crippen molar-refractivity contribution in [2.24, 2.45) is 0 Å². The van der Waals surface area contributed by atoms with Gasteiger partial charge in [0.1, 0.15) is 0 Å². The summed E-state index contributed by atoms with van der Waals surface area (Å²) in [5, 5.41) is 0. The Kier molecular flexibility index (Phi) is 10.2. The first-order chi connectivity index (χ1) is 8.85. The molecule has 0 aromatic carbocycles. The molecule has 0 aliphatic carbocycles. The number of carbonyl (C=O) groups is 1. The molecule has 114 valence electrons. The summed E-state index contributed by atoms with van der Waals surface area (Å²) in [4.78, 5) is 10.9. The molecule has 3 nitrogen and oxygen atoms in total. The summed E-state index contributed by atoms with van der Waals surface area (Å²) in [6.07, 6.45) is 9.26. The van der Waals surface area contributed by atoms with E-state index in [-0.39, 0.29) is 5.97 Å². The van der Waals surface area contributed by atoms with Gasteiger partial charge in [0.15, 0.2) is 8.32 Å². The molecule has 1 unspecified atom stereocenters. The van der Waals surface area contributed by atoms with Crippen LogP contribution in [0.25, 0.3) is 0 Å². The van der Waals surface area contributed by atoms with Crippen LogP contribution in [0, 0.1) is 0 Å². The maximum absolute atomic E-state index is 10.9. The maximum atomic E-state index is 10.9. The smallest absolute Gasteiger partial charge is 0.305 e. The number of hydrogen-bond acceptors (Lipinski definition) is 3. The first kappa shape index (κ1) is 18.6. The van der Waals surface area contributed by atoms with Crippen LogP contribution < -0.4 is 0 Å². The molecule has 0 aromatic rings. The number of esters is 1. The van der Waals surface area contributed by atoms with Crippen LogP contribution in [-0.2, 0) is 14.0 Å². The second kappa shape index (κ2) is 10.4. The fraction of sp³-hybridized carbons (Fsp3) is 0.933. The van der Waals surface area contributed by atoms with Gasteiger partial charge >= 0.3 is 5.97 Å². The highest BCUT2D eigenvalue weighted by atomic mass is 28.4. The summed E-state index contributed by atoms with van der Waals surface area (Å²) in [6.45, 7) is 8.91. The monoisotopic (exact) mass is 288 g/mol. The van der Waals surface area contributed by atoms with Crippen molar-refractivity contribution in [3.8, 4) is 0 Å². The predicted molar refractivity (Wildman–Crippen MR) is 82.8 cm³/mol. The molecule has 0 rings (SSSR count). The second-order valence-electron chi connectivity index (χ2n) is 6.28. The van der Waals surface area contributed by atoms with E-state index in [2.05, 4.69) is 31.3 Å². The summed E-state index contributed by atoms with van der Waals surface area (Å²) in [6, 6.07) is 0. The lowest BCUT2D eigenvalue weighted by Crippen LogP contribution is -2.30. The molecule has 0 amide bonds. The van der Waals surface area contributed by atoms with Gasteiger partial charge in [-0.25, -0.2) is 0 Å². The van der Waals surface area contributed by atoms with Gasteiger partial charge < -0.3 is 9.16 Å². The van der Waals surface area contributed by atoms with Crippen molar-refractivity contribution in [3.05, 3.63) is 0 Å². The van der Waals surface area contributed by atoms with Crippen LogP contribution in [0.2, 0.25) is 19.6 Å². The minimum absolute atomic E-state index is 0.0858. The molecule has 0 N–H and O–H groups in total. The van der Waals surface area contributed by atoms with E-state index in [0.29, 0.717) is 12.5 Å². The summed E-state index contributed by atoms with van der Waals surface area (Å²) >= 11 is 0. The quantitative estimate of drug-likeness (QED) is 0.318. The van der Waals surface area contributed by atoms with Crippen molar-refractivity contribution in [1.29, 1.82) is 0 Å². The van der Waals surface area contributed by atoms with Crippen LogP contribution in [0.1, 0.15) is 58.3 Å². The highest BCUT2D eigenvalue weighted by Crippen LogP contribution is 2.14. The minimum Gasteiger partial charge on any atom is -0.469 e. The third-order valence-electron chi connectivity index (χ3n) is 3.02. The number of hydrogen-bond donors (Lipinski definition) is 0. The van der Waals surface area contributed by atoms with E-state index in [9.17, 15) is 4.79 Å². The summed E-state index contributed by atoms with van der Waals surface area (Å²) in [5.74, 6) is -0.0858. The lowest BCUT2D eigenvalue weighted by Gasteiger charge is -2.23. The van der Waals surface area contributed by atoms with E-state index in [1.807, 2.05) is 0 Å². The molecular weight excluding hydrogens is 256 g/mol. The van der Waals surface area contributed by atoms with Gasteiger partial charge in [0.25, 0.3) is 0 Å². The van der Waals surface area contributed by atoms with Gasteiger partial charge in [0, 0.05) is 12.5 Å². The molecule has 0 aromatic heterocycles. The number of rotatable bonds is 11. The average Bonchev–Trinajstić information content (AvgIpc) is 2.29. The molecule has 0 bridgehead atoms. The van der Waals surface area contributed by atoms with Gasteiger partial charge in [-0.1, -0.05) is 32.1 Å². The maximum Gasteiger partial charge on any atom is 0.305 e. The molecule has 0 saturated carbocycles. The molecule has 4 heteroatoms. The Morgan fingerprint density at radius 1 is 1.00 bits per heavy atom. The molecule has 1 atom stereocenters. The topological polar surface area (TPSA) is 35.5 Å². The molecule has 0 aliphatic rings. The molecule has 0 fully saturated rings. The normalized spacial score (nSPS) is 13.3. The van der Waals surface area contributed by atoms with Gasteiger partial charge in [0.05, 0.1) is 7.11 Å². The first-order valence-corrected chi connectivity index (χ1v) is 11.0. The van der Waals surface area contributed by atoms with Gasteiger partial charge in [-0.2, -0.15) is 0 Å². The van der Waals surface area contributed by atoms with E-state index < -0.39 is 8.32 Å². The number of carbonyl (C=O) groups excluding carboxylic acids is 1. The Bertz CT molecular complexity index is 236. The zero-order valence-electron chi connectivity index (χ0n) is 13.5. The van der Waals surface area contributed by atoms with Crippen LogP contribution in [0.4, 0.5) is 0 Å². The van der Waals surface area contributed by atoms with Crippen molar-refractivity contribution in [2.45, 2.75) is 84.0 Å². The highest BCUT2D eigenvalue weighted by Gasteiger charge is 2.17. The molecule has 0 heterocycles. The number of methoxy groups -OCH3 is 1. The van der Waals surface area contributed by atoms with Crippen molar-refractivity contribution >= 4 is 14.3 Å². The molecular formula is C15H32O3Si. The molecule has 0 aliphatic heterocycles. The zero-order valence-corrected chi connectivity index (χ0v) is 14.5. The van der Waals surface area contributed by atoms with Crippen molar-refractivity contribution in [2.75, 3.05) is 7.11 Å². The lowest BCUT2D eigenvalue weighted by molar-refractivity contribution is -0.140. The standard InChI is InChI=1S/C15H32O3Si/c1-14(18-19(3,4)5)12-10-8-6-7-9-11-13-15(16)17-2/h14H,6-13H2,1-5H3. The largest absolute Gasteiger partial charge is 0.469 e. The van der Waals surface area contributed by atoms with Gasteiger partial charge in [-0.15, -0.1) is 0 Å². The minimum atomic E-state index is -1.36.